The minimum Gasteiger partial charge on any atom is -0.340 e. The van der Waals surface area contributed by atoms with Crippen LogP contribution in [0.15, 0.2) is 64.2 Å². The number of aromatic nitrogens is 2. The van der Waals surface area contributed by atoms with Gasteiger partial charge in [0.2, 0.25) is 5.91 Å². The number of hydrogen-bond acceptors (Lipinski definition) is 4. The molecular formula is C24H28N4O3. The highest BCUT2D eigenvalue weighted by atomic mass is 16.2. The van der Waals surface area contributed by atoms with Gasteiger partial charge in [0.05, 0.1) is 10.9 Å². The summed E-state index contributed by atoms with van der Waals surface area (Å²) in [4.78, 5) is 43.0. The monoisotopic (exact) mass is 420 g/mol. The molecule has 0 aliphatic carbocycles. The molecule has 162 valence electrons. The van der Waals surface area contributed by atoms with Gasteiger partial charge in [-0.05, 0) is 31.0 Å². The molecule has 1 fully saturated rings. The third kappa shape index (κ3) is 4.46. The molecule has 4 rings (SSSR count). The van der Waals surface area contributed by atoms with Gasteiger partial charge in [0.25, 0.3) is 5.56 Å². The van der Waals surface area contributed by atoms with Crippen LogP contribution in [0.1, 0.15) is 18.9 Å². The van der Waals surface area contributed by atoms with Crippen molar-refractivity contribution >= 4 is 16.8 Å². The van der Waals surface area contributed by atoms with E-state index in [0.717, 1.165) is 30.6 Å². The van der Waals surface area contributed by atoms with Gasteiger partial charge in [-0.25, -0.2) is 4.79 Å². The lowest BCUT2D eigenvalue weighted by atomic mass is 10.2. The second-order valence-electron chi connectivity index (χ2n) is 7.93. The van der Waals surface area contributed by atoms with Crippen LogP contribution in [0, 0.1) is 0 Å². The Morgan fingerprint density at radius 1 is 0.871 bits per heavy atom. The first-order chi connectivity index (χ1) is 15.1. The molecule has 0 spiro atoms. The van der Waals surface area contributed by atoms with E-state index in [9.17, 15) is 14.4 Å². The van der Waals surface area contributed by atoms with Crippen LogP contribution in [0.3, 0.4) is 0 Å². The summed E-state index contributed by atoms with van der Waals surface area (Å²) in [6.07, 6.45) is 0.865. The van der Waals surface area contributed by atoms with E-state index in [2.05, 4.69) is 17.0 Å². The third-order valence-corrected chi connectivity index (χ3v) is 5.93. The Balaban J connectivity index is 1.50. The first-order valence-electron chi connectivity index (χ1n) is 10.8. The topological polar surface area (TPSA) is 67.6 Å². The SMILES string of the molecule is CCn1c(=O)n(CC(=O)N2CCCN(Cc3ccccc3)CC2)c(=O)c2ccccc21. The zero-order valence-corrected chi connectivity index (χ0v) is 17.9. The molecule has 1 aliphatic rings. The fourth-order valence-corrected chi connectivity index (χ4v) is 4.27. The Kier molecular flexibility index (Phi) is 6.32. The van der Waals surface area contributed by atoms with Gasteiger partial charge < -0.3 is 4.90 Å². The molecule has 1 saturated heterocycles. The van der Waals surface area contributed by atoms with Crippen LogP contribution in [0.25, 0.3) is 10.9 Å². The number of amides is 1. The van der Waals surface area contributed by atoms with E-state index in [4.69, 9.17) is 0 Å². The summed E-state index contributed by atoms with van der Waals surface area (Å²) < 4.78 is 2.63. The molecule has 31 heavy (non-hydrogen) atoms. The molecule has 0 N–H and O–H groups in total. The highest BCUT2D eigenvalue weighted by Crippen LogP contribution is 2.10. The smallest absolute Gasteiger partial charge is 0.331 e. The predicted octanol–water partition coefficient (Wildman–Crippen LogP) is 1.92. The van der Waals surface area contributed by atoms with Crippen molar-refractivity contribution in [3.63, 3.8) is 0 Å². The van der Waals surface area contributed by atoms with Gasteiger partial charge in [-0.15, -0.1) is 0 Å². The minimum absolute atomic E-state index is 0.182. The fraction of sp³-hybridized carbons (Fsp3) is 0.375. The summed E-state index contributed by atoms with van der Waals surface area (Å²) in [5, 5.41) is 0.460. The van der Waals surface area contributed by atoms with Crippen LogP contribution in [0.4, 0.5) is 0 Å². The minimum atomic E-state index is -0.430. The lowest BCUT2D eigenvalue weighted by Gasteiger charge is -2.22. The van der Waals surface area contributed by atoms with Gasteiger partial charge in [-0.2, -0.15) is 0 Å². The third-order valence-electron chi connectivity index (χ3n) is 5.93. The largest absolute Gasteiger partial charge is 0.340 e. The average molecular weight is 421 g/mol. The predicted molar refractivity (Wildman–Crippen MR) is 121 cm³/mol. The Morgan fingerprint density at radius 3 is 2.39 bits per heavy atom. The lowest BCUT2D eigenvalue weighted by Crippen LogP contribution is -2.45. The second-order valence-corrected chi connectivity index (χ2v) is 7.93. The fourth-order valence-electron chi connectivity index (χ4n) is 4.27. The summed E-state index contributed by atoms with van der Waals surface area (Å²) in [7, 11) is 0. The molecule has 1 aliphatic heterocycles. The zero-order valence-electron chi connectivity index (χ0n) is 17.9. The number of nitrogens with zero attached hydrogens (tertiary/aromatic N) is 4. The van der Waals surface area contributed by atoms with Gasteiger partial charge in [0.15, 0.2) is 0 Å². The molecule has 2 heterocycles. The van der Waals surface area contributed by atoms with E-state index in [1.165, 1.54) is 5.56 Å². The molecule has 7 heteroatoms. The van der Waals surface area contributed by atoms with Crippen molar-refractivity contribution in [3.8, 4) is 0 Å². The van der Waals surface area contributed by atoms with E-state index >= 15 is 0 Å². The Bertz CT molecular complexity index is 1180. The average Bonchev–Trinajstić information content (AvgIpc) is 3.03. The maximum atomic E-state index is 13.0. The first kappa shape index (κ1) is 21.1. The summed E-state index contributed by atoms with van der Waals surface area (Å²) in [5.41, 5.74) is 1.03. The number of carbonyl (C=O) groups is 1. The number of carbonyl (C=O) groups excluding carboxylic acids is 1. The van der Waals surface area contributed by atoms with E-state index in [0.29, 0.717) is 30.5 Å². The van der Waals surface area contributed by atoms with Crippen molar-refractivity contribution in [3.05, 3.63) is 81.0 Å². The molecule has 0 atom stereocenters. The number of rotatable bonds is 5. The van der Waals surface area contributed by atoms with Crippen LogP contribution in [-0.2, 0) is 24.4 Å². The molecule has 3 aromatic rings. The molecule has 2 aromatic carbocycles. The molecule has 1 amide bonds. The van der Waals surface area contributed by atoms with Crippen molar-refractivity contribution in [1.82, 2.24) is 18.9 Å². The molecule has 0 bridgehead atoms. The number of fused-ring (bicyclic) bond motifs is 1. The Hall–Kier alpha value is -3.19. The van der Waals surface area contributed by atoms with Crippen LogP contribution in [-0.4, -0.2) is 51.0 Å². The van der Waals surface area contributed by atoms with Crippen LogP contribution in [0.2, 0.25) is 0 Å². The van der Waals surface area contributed by atoms with Crippen LogP contribution < -0.4 is 11.2 Å². The zero-order chi connectivity index (χ0) is 21.8. The van der Waals surface area contributed by atoms with Crippen molar-refractivity contribution in [1.29, 1.82) is 0 Å². The summed E-state index contributed by atoms with van der Waals surface area (Å²) in [6.45, 7) is 5.84. The Morgan fingerprint density at radius 2 is 1.61 bits per heavy atom. The number of aryl methyl sites for hydroxylation is 1. The van der Waals surface area contributed by atoms with Gasteiger partial charge in [-0.1, -0.05) is 42.5 Å². The van der Waals surface area contributed by atoms with Crippen molar-refractivity contribution in [2.24, 2.45) is 0 Å². The summed E-state index contributed by atoms with van der Waals surface area (Å²) in [5.74, 6) is -0.182. The lowest BCUT2D eigenvalue weighted by molar-refractivity contribution is -0.131. The van der Waals surface area contributed by atoms with Gasteiger partial charge in [0, 0.05) is 39.3 Å². The number of para-hydroxylation sites is 1. The second kappa shape index (κ2) is 9.31. The standard InChI is InChI=1S/C24H28N4O3/c1-2-27-21-12-7-6-11-20(21)23(30)28(24(27)31)18-22(29)26-14-8-13-25(15-16-26)17-19-9-4-3-5-10-19/h3-7,9-12H,2,8,13-18H2,1H3. The maximum absolute atomic E-state index is 13.0. The Labute approximate surface area is 181 Å². The molecule has 0 unspecified atom stereocenters. The van der Waals surface area contributed by atoms with E-state index < -0.39 is 11.2 Å². The van der Waals surface area contributed by atoms with Crippen molar-refractivity contribution in [2.75, 3.05) is 26.2 Å². The molecule has 7 nitrogen and oxygen atoms in total. The van der Waals surface area contributed by atoms with Crippen molar-refractivity contribution in [2.45, 2.75) is 33.0 Å². The first-order valence-corrected chi connectivity index (χ1v) is 10.8. The molecule has 1 aromatic heterocycles. The van der Waals surface area contributed by atoms with Gasteiger partial charge >= 0.3 is 5.69 Å². The van der Waals surface area contributed by atoms with E-state index in [-0.39, 0.29) is 12.5 Å². The van der Waals surface area contributed by atoms with E-state index in [1.54, 1.807) is 33.7 Å². The number of benzene rings is 2. The molecular weight excluding hydrogens is 392 g/mol. The normalized spacial score (nSPS) is 15.2. The van der Waals surface area contributed by atoms with Crippen LogP contribution >= 0.6 is 0 Å². The van der Waals surface area contributed by atoms with Gasteiger partial charge in [0.1, 0.15) is 6.54 Å². The van der Waals surface area contributed by atoms with E-state index in [1.807, 2.05) is 25.1 Å². The summed E-state index contributed by atoms with van der Waals surface area (Å²) >= 11 is 0. The molecule has 0 saturated carbocycles. The summed E-state index contributed by atoms with van der Waals surface area (Å²) in [6, 6.07) is 17.4. The number of hydrogen-bond donors (Lipinski definition) is 0. The maximum Gasteiger partial charge on any atom is 0.331 e. The highest BCUT2D eigenvalue weighted by molar-refractivity contribution is 5.79. The quantitative estimate of drug-likeness (QED) is 0.633. The molecule has 0 radical (unpaired) electrons. The van der Waals surface area contributed by atoms with Gasteiger partial charge in [-0.3, -0.25) is 23.6 Å². The van der Waals surface area contributed by atoms with Crippen molar-refractivity contribution < 1.29 is 4.79 Å². The van der Waals surface area contributed by atoms with Crippen LogP contribution in [0.5, 0.6) is 0 Å². The highest BCUT2D eigenvalue weighted by Gasteiger charge is 2.22.